The summed E-state index contributed by atoms with van der Waals surface area (Å²) in [6.45, 7) is 1.59. The van der Waals surface area contributed by atoms with E-state index in [0.717, 1.165) is 19.4 Å². The van der Waals surface area contributed by atoms with Gasteiger partial charge in [0.05, 0.1) is 26.4 Å². The minimum atomic E-state index is -0.138. The fourth-order valence-corrected chi connectivity index (χ4v) is 2.38. The summed E-state index contributed by atoms with van der Waals surface area (Å²) in [6.07, 6.45) is 1.83. The van der Waals surface area contributed by atoms with Crippen molar-refractivity contribution in [1.29, 1.82) is 0 Å². The summed E-state index contributed by atoms with van der Waals surface area (Å²) in [6, 6.07) is 7.12. The molecule has 6 heteroatoms. The zero-order valence-electron chi connectivity index (χ0n) is 12.2. The van der Waals surface area contributed by atoms with Crippen LogP contribution in [0.15, 0.2) is 24.3 Å². The van der Waals surface area contributed by atoms with Gasteiger partial charge in [0.15, 0.2) is 0 Å². The van der Waals surface area contributed by atoms with Crippen LogP contribution in [-0.4, -0.2) is 55.6 Å². The molecule has 1 aliphatic heterocycles. The minimum Gasteiger partial charge on any atom is -0.497 e. The number of likely N-dealkylation sites (tertiary alicyclic amines) is 1. The second kappa shape index (κ2) is 7.85. The molecule has 0 aromatic heterocycles. The maximum absolute atomic E-state index is 12.3. The molecule has 0 saturated carbocycles. The third-order valence-corrected chi connectivity index (χ3v) is 3.43. The molecular weight excluding hydrogens is 272 g/mol. The zero-order chi connectivity index (χ0) is 15.1. The predicted octanol–water partition coefficient (Wildman–Crippen LogP) is 1.70. The van der Waals surface area contributed by atoms with Crippen LogP contribution in [0, 0.1) is 0 Å². The standard InChI is InChI=1S/C15H22N2O4/c1-20-13-5-2-4-12(10-13)16-15(19)17-7-3-6-14(11-17)21-9-8-18/h2,4-5,10,14,18H,3,6-9,11H2,1H3,(H,16,19)/t14-/m0/s1. The number of carbonyl (C=O) groups is 1. The lowest BCUT2D eigenvalue weighted by Gasteiger charge is -2.32. The summed E-state index contributed by atoms with van der Waals surface area (Å²) in [5.41, 5.74) is 0.706. The highest BCUT2D eigenvalue weighted by Crippen LogP contribution is 2.19. The molecule has 1 heterocycles. The Balaban J connectivity index is 1.89. The lowest BCUT2D eigenvalue weighted by molar-refractivity contribution is -0.00462. The highest BCUT2D eigenvalue weighted by atomic mass is 16.5. The van der Waals surface area contributed by atoms with Gasteiger partial charge in [0, 0.05) is 24.8 Å². The van der Waals surface area contributed by atoms with Crippen LogP contribution in [-0.2, 0) is 4.74 Å². The molecule has 1 aliphatic rings. The van der Waals surface area contributed by atoms with E-state index in [1.807, 2.05) is 18.2 Å². The predicted molar refractivity (Wildman–Crippen MR) is 79.6 cm³/mol. The molecule has 116 valence electrons. The molecule has 0 radical (unpaired) electrons. The Morgan fingerprint density at radius 1 is 1.52 bits per heavy atom. The van der Waals surface area contributed by atoms with Crippen LogP contribution in [0.5, 0.6) is 5.75 Å². The molecule has 2 rings (SSSR count). The van der Waals surface area contributed by atoms with Gasteiger partial charge in [-0.2, -0.15) is 0 Å². The van der Waals surface area contributed by atoms with Crippen LogP contribution in [0.1, 0.15) is 12.8 Å². The average molecular weight is 294 g/mol. The van der Waals surface area contributed by atoms with Gasteiger partial charge in [-0.3, -0.25) is 0 Å². The van der Waals surface area contributed by atoms with E-state index < -0.39 is 0 Å². The van der Waals surface area contributed by atoms with Crippen molar-refractivity contribution in [2.75, 3.05) is 38.7 Å². The fraction of sp³-hybridized carbons (Fsp3) is 0.533. The Kier molecular flexibility index (Phi) is 5.83. The van der Waals surface area contributed by atoms with Crippen molar-refractivity contribution in [3.63, 3.8) is 0 Å². The number of anilines is 1. The molecule has 2 amide bonds. The van der Waals surface area contributed by atoms with Gasteiger partial charge >= 0.3 is 6.03 Å². The molecule has 2 N–H and O–H groups in total. The number of aliphatic hydroxyl groups is 1. The van der Waals surface area contributed by atoms with Crippen molar-refractivity contribution in [1.82, 2.24) is 4.90 Å². The van der Waals surface area contributed by atoms with E-state index >= 15 is 0 Å². The average Bonchev–Trinajstić information content (AvgIpc) is 2.53. The minimum absolute atomic E-state index is 0.00181. The summed E-state index contributed by atoms with van der Waals surface area (Å²) >= 11 is 0. The van der Waals surface area contributed by atoms with Crippen molar-refractivity contribution >= 4 is 11.7 Å². The first-order valence-electron chi connectivity index (χ1n) is 7.15. The Labute approximate surface area is 124 Å². The number of nitrogens with zero attached hydrogens (tertiary/aromatic N) is 1. The largest absolute Gasteiger partial charge is 0.497 e. The number of urea groups is 1. The molecular formula is C15H22N2O4. The second-order valence-corrected chi connectivity index (χ2v) is 4.97. The van der Waals surface area contributed by atoms with E-state index in [9.17, 15) is 4.79 Å². The highest BCUT2D eigenvalue weighted by molar-refractivity contribution is 5.89. The molecule has 0 spiro atoms. The molecule has 1 atom stereocenters. The quantitative estimate of drug-likeness (QED) is 0.867. The van der Waals surface area contributed by atoms with Gasteiger partial charge in [-0.05, 0) is 25.0 Å². The molecule has 0 bridgehead atoms. The van der Waals surface area contributed by atoms with Crippen molar-refractivity contribution in [2.24, 2.45) is 0 Å². The molecule has 0 unspecified atom stereocenters. The van der Waals surface area contributed by atoms with Crippen molar-refractivity contribution in [3.8, 4) is 5.75 Å². The Hall–Kier alpha value is -1.79. The van der Waals surface area contributed by atoms with Gasteiger partial charge in [-0.15, -0.1) is 0 Å². The molecule has 1 saturated heterocycles. The number of hydrogen-bond acceptors (Lipinski definition) is 4. The maximum Gasteiger partial charge on any atom is 0.321 e. The third-order valence-electron chi connectivity index (χ3n) is 3.43. The SMILES string of the molecule is COc1cccc(NC(=O)N2CCC[C@H](OCCO)C2)c1. The summed E-state index contributed by atoms with van der Waals surface area (Å²) in [5, 5.41) is 11.7. The number of aliphatic hydroxyl groups excluding tert-OH is 1. The first-order chi connectivity index (χ1) is 10.2. The second-order valence-electron chi connectivity index (χ2n) is 4.97. The monoisotopic (exact) mass is 294 g/mol. The number of benzene rings is 1. The smallest absolute Gasteiger partial charge is 0.321 e. The van der Waals surface area contributed by atoms with Crippen LogP contribution in [0.25, 0.3) is 0 Å². The molecule has 6 nitrogen and oxygen atoms in total. The molecule has 1 aromatic carbocycles. The summed E-state index contributed by atoms with van der Waals surface area (Å²) in [4.78, 5) is 14.0. The molecule has 1 fully saturated rings. The lowest BCUT2D eigenvalue weighted by atomic mass is 10.1. The number of hydrogen-bond donors (Lipinski definition) is 2. The molecule has 0 aliphatic carbocycles. The zero-order valence-corrected chi connectivity index (χ0v) is 12.2. The summed E-state index contributed by atoms with van der Waals surface area (Å²) in [7, 11) is 1.59. The first-order valence-corrected chi connectivity index (χ1v) is 7.15. The summed E-state index contributed by atoms with van der Waals surface area (Å²) in [5.74, 6) is 0.704. The van der Waals surface area contributed by atoms with E-state index in [1.165, 1.54) is 0 Å². The van der Waals surface area contributed by atoms with Gasteiger partial charge in [0.1, 0.15) is 5.75 Å². The Bertz CT molecular complexity index is 467. The van der Waals surface area contributed by atoms with E-state index in [-0.39, 0.29) is 18.7 Å². The van der Waals surface area contributed by atoms with Crippen LogP contribution in [0.3, 0.4) is 0 Å². The fourth-order valence-electron chi connectivity index (χ4n) is 2.38. The number of methoxy groups -OCH3 is 1. The van der Waals surface area contributed by atoms with E-state index in [1.54, 1.807) is 18.1 Å². The maximum atomic E-state index is 12.3. The Morgan fingerprint density at radius 3 is 3.14 bits per heavy atom. The highest BCUT2D eigenvalue weighted by Gasteiger charge is 2.24. The van der Waals surface area contributed by atoms with Gasteiger partial charge in [0.2, 0.25) is 0 Å². The first kappa shape index (κ1) is 15.6. The number of rotatable bonds is 5. The molecule has 1 aromatic rings. The lowest BCUT2D eigenvalue weighted by Crippen LogP contribution is -2.45. The van der Waals surface area contributed by atoms with Gasteiger partial charge < -0.3 is 24.8 Å². The topological polar surface area (TPSA) is 71.0 Å². The number of nitrogens with one attached hydrogen (secondary N) is 1. The van der Waals surface area contributed by atoms with Gasteiger partial charge in [0.25, 0.3) is 0 Å². The van der Waals surface area contributed by atoms with Crippen LogP contribution < -0.4 is 10.1 Å². The normalized spacial score (nSPS) is 18.4. The van der Waals surface area contributed by atoms with Crippen molar-refractivity contribution < 1.29 is 19.4 Å². The van der Waals surface area contributed by atoms with E-state index in [0.29, 0.717) is 24.6 Å². The van der Waals surface area contributed by atoms with E-state index in [2.05, 4.69) is 5.32 Å². The molecule has 21 heavy (non-hydrogen) atoms. The Morgan fingerprint density at radius 2 is 2.38 bits per heavy atom. The number of amides is 2. The number of piperidine rings is 1. The third kappa shape index (κ3) is 4.61. The van der Waals surface area contributed by atoms with Crippen LogP contribution in [0.4, 0.5) is 10.5 Å². The van der Waals surface area contributed by atoms with Gasteiger partial charge in [-0.25, -0.2) is 4.79 Å². The number of ether oxygens (including phenoxy) is 2. The van der Waals surface area contributed by atoms with Crippen LogP contribution in [0.2, 0.25) is 0 Å². The number of carbonyl (C=O) groups excluding carboxylic acids is 1. The van der Waals surface area contributed by atoms with E-state index in [4.69, 9.17) is 14.6 Å². The van der Waals surface area contributed by atoms with Crippen LogP contribution >= 0.6 is 0 Å². The van der Waals surface area contributed by atoms with Crippen molar-refractivity contribution in [2.45, 2.75) is 18.9 Å². The van der Waals surface area contributed by atoms with Crippen molar-refractivity contribution in [3.05, 3.63) is 24.3 Å². The summed E-state index contributed by atoms with van der Waals surface area (Å²) < 4.78 is 10.6. The van der Waals surface area contributed by atoms with Gasteiger partial charge in [-0.1, -0.05) is 6.07 Å².